The van der Waals surface area contributed by atoms with Gasteiger partial charge in [-0.3, -0.25) is 9.78 Å². The highest BCUT2D eigenvalue weighted by molar-refractivity contribution is 6.30. The molecule has 1 aromatic heterocycles. The van der Waals surface area contributed by atoms with E-state index in [1.807, 2.05) is 36.4 Å². The fraction of sp³-hybridized carbons (Fsp3) is 0.136. The first-order chi connectivity index (χ1) is 14.1. The molecule has 3 aromatic rings. The van der Waals surface area contributed by atoms with Crippen LogP contribution in [-0.4, -0.2) is 23.5 Å². The van der Waals surface area contributed by atoms with Crippen LogP contribution >= 0.6 is 11.6 Å². The van der Waals surface area contributed by atoms with Crippen LogP contribution in [-0.2, 0) is 11.3 Å². The SMILES string of the molecule is O=C(NCCC(=O)N(Cc1ccccn1)c1ccc(Cl)cc1)Nc1ccccc1. The lowest BCUT2D eigenvalue weighted by molar-refractivity contribution is -0.118. The molecule has 0 atom stereocenters. The van der Waals surface area contributed by atoms with Crippen molar-refractivity contribution in [3.05, 3.63) is 89.7 Å². The smallest absolute Gasteiger partial charge is 0.319 e. The molecule has 1 heterocycles. The lowest BCUT2D eigenvalue weighted by Crippen LogP contribution is -2.35. The van der Waals surface area contributed by atoms with Gasteiger partial charge in [-0.15, -0.1) is 0 Å². The number of carbonyl (C=O) groups excluding carboxylic acids is 2. The molecular weight excluding hydrogens is 388 g/mol. The van der Waals surface area contributed by atoms with Gasteiger partial charge in [-0.25, -0.2) is 4.79 Å². The minimum atomic E-state index is -0.355. The van der Waals surface area contributed by atoms with E-state index in [4.69, 9.17) is 11.6 Å². The minimum Gasteiger partial charge on any atom is -0.337 e. The number of aromatic nitrogens is 1. The Labute approximate surface area is 174 Å². The molecule has 0 aliphatic heterocycles. The van der Waals surface area contributed by atoms with Crippen LogP contribution in [0, 0.1) is 0 Å². The van der Waals surface area contributed by atoms with E-state index in [-0.39, 0.29) is 24.9 Å². The van der Waals surface area contributed by atoms with Gasteiger partial charge in [-0.1, -0.05) is 35.9 Å². The van der Waals surface area contributed by atoms with Gasteiger partial charge in [0.25, 0.3) is 0 Å². The average Bonchev–Trinajstić information content (AvgIpc) is 2.74. The number of halogens is 1. The lowest BCUT2D eigenvalue weighted by Gasteiger charge is -2.23. The van der Waals surface area contributed by atoms with Crippen molar-refractivity contribution in [2.45, 2.75) is 13.0 Å². The summed E-state index contributed by atoms with van der Waals surface area (Å²) in [6.07, 6.45) is 1.84. The topological polar surface area (TPSA) is 74.3 Å². The molecule has 2 aromatic carbocycles. The van der Waals surface area contributed by atoms with Gasteiger partial charge in [-0.2, -0.15) is 0 Å². The number of hydrogen-bond acceptors (Lipinski definition) is 3. The molecule has 0 bridgehead atoms. The summed E-state index contributed by atoms with van der Waals surface area (Å²) in [6.45, 7) is 0.543. The zero-order valence-corrected chi connectivity index (χ0v) is 16.5. The van der Waals surface area contributed by atoms with Crippen molar-refractivity contribution in [1.82, 2.24) is 10.3 Å². The molecule has 3 amide bonds. The average molecular weight is 409 g/mol. The molecule has 0 fully saturated rings. The van der Waals surface area contributed by atoms with E-state index in [9.17, 15) is 9.59 Å². The third-order valence-corrected chi connectivity index (χ3v) is 4.39. The van der Waals surface area contributed by atoms with Gasteiger partial charge in [0.05, 0.1) is 12.2 Å². The molecule has 148 valence electrons. The molecule has 0 aliphatic rings. The fourth-order valence-corrected chi connectivity index (χ4v) is 2.84. The van der Waals surface area contributed by atoms with Crippen LogP contribution in [0.5, 0.6) is 0 Å². The van der Waals surface area contributed by atoms with E-state index >= 15 is 0 Å². The van der Waals surface area contributed by atoms with E-state index in [0.29, 0.717) is 17.3 Å². The minimum absolute atomic E-state index is 0.127. The zero-order chi connectivity index (χ0) is 20.5. The molecule has 2 N–H and O–H groups in total. The predicted octanol–water partition coefficient (Wildman–Crippen LogP) is 4.48. The van der Waals surface area contributed by atoms with Crippen molar-refractivity contribution >= 4 is 34.9 Å². The third-order valence-electron chi connectivity index (χ3n) is 4.14. The molecule has 0 unspecified atom stereocenters. The first-order valence-corrected chi connectivity index (χ1v) is 9.55. The molecule has 29 heavy (non-hydrogen) atoms. The number of nitrogens with zero attached hydrogens (tertiary/aromatic N) is 2. The Kier molecular flexibility index (Phi) is 7.19. The monoisotopic (exact) mass is 408 g/mol. The highest BCUT2D eigenvalue weighted by Crippen LogP contribution is 2.20. The first kappa shape index (κ1) is 20.4. The van der Waals surface area contributed by atoms with Crippen LogP contribution in [0.3, 0.4) is 0 Å². The summed E-state index contributed by atoms with van der Waals surface area (Å²) in [5, 5.41) is 6.03. The molecule has 0 saturated heterocycles. The highest BCUT2D eigenvalue weighted by Gasteiger charge is 2.17. The van der Waals surface area contributed by atoms with E-state index < -0.39 is 0 Å². The number of rotatable bonds is 7. The quantitative estimate of drug-likeness (QED) is 0.605. The number of para-hydroxylation sites is 1. The van der Waals surface area contributed by atoms with E-state index in [0.717, 1.165) is 11.4 Å². The number of carbonyl (C=O) groups is 2. The van der Waals surface area contributed by atoms with Gasteiger partial charge in [0.15, 0.2) is 0 Å². The Hall–Kier alpha value is -3.38. The van der Waals surface area contributed by atoms with Crippen LogP contribution in [0.2, 0.25) is 5.02 Å². The van der Waals surface area contributed by atoms with E-state index in [1.165, 1.54) is 0 Å². The maximum Gasteiger partial charge on any atom is 0.319 e. The van der Waals surface area contributed by atoms with Crippen LogP contribution < -0.4 is 15.5 Å². The maximum absolute atomic E-state index is 12.9. The highest BCUT2D eigenvalue weighted by atomic mass is 35.5. The zero-order valence-electron chi connectivity index (χ0n) is 15.7. The van der Waals surface area contributed by atoms with Gasteiger partial charge < -0.3 is 15.5 Å². The first-order valence-electron chi connectivity index (χ1n) is 9.17. The van der Waals surface area contributed by atoms with Crippen molar-refractivity contribution in [2.75, 3.05) is 16.8 Å². The van der Waals surface area contributed by atoms with Crippen molar-refractivity contribution in [1.29, 1.82) is 0 Å². The molecule has 0 aliphatic carbocycles. The van der Waals surface area contributed by atoms with E-state index in [2.05, 4.69) is 15.6 Å². The summed E-state index contributed by atoms with van der Waals surface area (Å²) < 4.78 is 0. The number of hydrogen-bond donors (Lipinski definition) is 2. The predicted molar refractivity (Wildman–Crippen MR) is 115 cm³/mol. The molecule has 7 heteroatoms. The van der Waals surface area contributed by atoms with Gasteiger partial charge in [-0.05, 0) is 48.5 Å². The Morgan fingerprint density at radius 3 is 2.34 bits per heavy atom. The molecule has 0 spiro atoms. The molecule has 6 nitrogen and oxygen atoms in total. The number of amides is 3. The Bertz CT molecular complexity index is 934. The normalized spacial score (nSPS) is 10.2. The summed E-state index contributed by atoms with van der Waals surface area (Å²) in [4.78, 5) is 30.8. The summed E-state index contributed by atoms with van der Waals surface area (Å²) in [5.41, 5.74) is 2.18. The Morgan fingerprint density at radius 1 is 0.931 bits per heavy atom. The van der Waals surface area contributed by atoms with E-state index in [1.54, 1.807) is 47.5 Å². The van der Waals surface area contributed by atoms with Gasteiger partial charge in [0, 0.05) is 35.6 Å². The number of pyridine rings is 1. The van der Waals surface area contributed by atoms with Gasteiger partial charge >= 0.3 is 6.03 Å². The molecule has 0 radical (unpaired) electrons. The van der Waals surface area contributed by atoms with Crippen LogP contribution in [0.4, 0.5) is 16.2 Å². The van der Waals surface area contributed by atoms with Crippen molar-refractivity contribution in [3.8, 4) is 0 Å². The van der Waals surface area contributed by atoms with Crippen molar-refractivity contribution < 1.29 is 9.59 Å². The molecular formula is C22H21ClN4O2. The number of nitrogens with one attached hydrogen (secondary N) is 2. The summed E-state index contributed by atoms with van der Waals surface area (Å²) in [5.74, 6) is -0.127. The number of urea groups is 1. The number of anilines is 2. The van der Waals surface area contributed by atoms with Gasteiger partial charge in [0.2, 0.25) is 5.91 Å². The molecule has 3 rings (SSSR count). The third kappa shape index (κ3) is 6.33. The van der Waals surface area contributed by atoms with Crippen LogP contribution in [0.25, 0.3) is 0 Å². The number of benzene rings is 2. The Morgan fingerprint density at radius 2 is 1.66 bits per heavy atom. The standard InChI is InChI=1S/C22H21ClN4O2/c23-17-9-11-20(12-10-17)27(16-19-8-4-5-14-24-19)21(28)13-15-25-22(29)26-18-6-2-1-3-7-18/h1-12,14H,13,15-16H2,(H2,25,26,29). The second-order valence-corrected chi connectivity index (χ2v) is 6.71. The van der Waals surface area contributed by atoms with Crippen LogP contribution in [0.15, 0.2) is 79.0 Å². The largest absolute Gasteiger partial charge is 0.337 e. The molecule has 0 saturated carbocycles. The second kappa shape index (κ2) is 10.2. The van der Waals surface area contributed by atoms with Crippen molar-refractivity contribution in [3.63, 3.8) is 0 Å². The summed E-state index contributed by atoms with van der Waals surface area (Å²) in [7, 11) is 0. The second-order valence-electron chi connectivity index (χ2n) is 6.27. The maximum atomic E-state index is 12.9. The van der Waals surface area contributed by atoms with Crippen molar-refractivity contribution in [2.24, 2.45) is 0 Å². The summed E-state index contributed by atoms with van der Waals surface area (Å²) in [6, 6.07) is 21.4. The summed E-state index contributed by atoms with van der Waals surface area (Å²) >= 11 is 5.97. The van der Waals surface area contributed by atoms with Gasteiger partial charge in [0.1, 0.15) is 0 Å². The fourth-order valence-electron chi connectivity index (χ4n) is 2.71. The Balaban J connectivity index is 1.60. The van der Waals surface area contributed by atoms with Crippen LogP contribution in [0.1, 0.15) is 12.1 Å². The lowest BCUT2D eigenvalue weighted by atomic mass is 10.2.